The molecule has 186 valence electrons. The van der Waals surface area contributed by atoms with Gasteiger partial charge in [0.15, 0.2) is 12.2 Å². The summed E-state index contributed by atoms with van der Waals surface area (Å²) in [6, 6.07) is 18.1. The van der Waals surface area contributed by atoms with E-state index in [1.54, 1.807) is 12.1 Å². The van der Waals surface area contributed by atoms with Crippen molar-refractivity contribution in [2.45, 2.75) is 19.3 Å². The molecule has 0 fully saturated rings. The van der Waals surface area contributed by atoms with Crippen molar-refractivity contribution in [3.63, 3.8) is 0 Å². The Hall–Kier alpha value is -3.89. The van der Waals surface area contributed by atoms with E-state index >= 15 is 0 Å². The zero-order valence-corrected chi connectivity index (χ0v) is 19.4. The fourth-order valence-electron chi connectivity index (χ4n) is 3.97. The highest BCUT2D eigenvalue weighted by Crippen LogP contribution is 2.37. The van der Waals surface area contributed by atoms with Crippen LogP contribution >= 0.6 is 11.6 Å². The summed E-state index contributed by atoms with van der Waals surface area (Å²) in [7, 11) is 0. The number of hydrogen-bond donors (Lipinski definition) is 1. The number of quaternary nitrogens is 1. The Morgan fingerprint density at radius 2 is 1.61 bits per heavy atom. The molecular weight excluding hydrogens is 499 g/mol. The molecule has 0 bridgehead atoms. The maximum Gasteiger partial charge on any atom is 0.497 e. The molecule has 2 amide bonds. The highest BCUT2D eigenvalue weighted by atomic mass is 35.5. The van der Waals surface area contributed by atoms with E-state index in [9.17, 15) is 27.6 Å². The second-order valence-corrected chi connectivity index (χ2v) is 8.64. The quantitative estimate of drug-likeness (QED) is 0.402. The van der Waals surface area contributed by atoms with E-state index < -0.39 is 41.7 Å². The number of rotatable bonds is 4. The van der Waals surface area contributed by atoms with Crippen LogP contribution in [0.3, 0.4) is 0 Å². The maximum absolute atomic E-state index is 13.7. The Kier molecular flexibility index (Phi) is 6.75. The lowest BCUT2D eigenvalue weighted by Crippen LogP contribution is -2.58. The van der Waals surface area contributed by atoms with Crippen LogP contribution in [0.4, 0.5) is 24.5 Å². The first kappa shape index (κ1) is 25.2. The van der Waals surface area contributed by atoms with Crippen LogP contribution in [0.1, 0.15) is 21.5 Å². The third-order valence-electron chi connectivity index (χ3n) is 5.70. The summed E-state index contributed by atoms with van der Waals surface area (Å²) in [5.41, 5.74) is 7.10. The summed E-state index contributed by atoms with van der Waals surface area (Å²) in [6.07, 6.45) is -5.35. The molecule has 0 saturated heterocycles. The van der Waals surface area contributed by atoms with Crippen LogP contribution in [-0.4, -0.2) is 35.4 Å². The topological polar surface area (TPSA) is 89.7 Å². The van der Waals surface area contributed by atoms with Crippen LogP contribution in [0, 0.1) is 0 Å². The smallest absolute Gasteiger partial charge is 0.399 e. The predicted octanol–water partition coefficient (Wildman–Crippen LogP) is 4.63. The molecule has 11 heteroatoms. The van der Waals surface area contributed by atoms with Gasteiger partial charge in [-0.3, -0.25) is 9.63 Å². The number of fused-ring (bicyclic) bond motifs is 1. The Morgan fingerprint density at radius 1 is 0.972 bits per heavy atom. The molecule has 1 aliphatic heterocycles. The Morgan fingerprint density at radius 3 is 2.25 bits per heavy atom. The van der Waals surface area contributed by atoms with Crippen LogP contribution in [0.15, 0.2) is 72.8 Å². The summed E-state index contributed by atoms with van der Waals surface area (Å²) in [5, 5.41) is 0.405. The van der Waals surface area contributed by atoms with E-state index in [4.69, 9.17) is 22.2 Å². The third kappa shape index (κ3) is 5.05. The molecule has 0 spiro atoms. The third-order valence-corrected chi connectivity index (χ3v) is 5.96. The summed E-state index contributed by atoms with van der Waals surface area (Å²) in [6.45, 7) is -1.16. The summed E-state index contributed by atoms with van der Waals surface area (Å²) in [5.74, 6) is -4.00. The lowest BCUT2D eigenvalue weighted by Gasteiger charge is -2.31. The van der Waals surface area contributed by atoms with Gasteiger partial charge in [-0.2, -0.15) is 13.2 Å². The number of carbonyl (C=O) groups is 3. The SMILES string of the molecule is Nc1ccc(C[N+]2(OC(=O)C(F)(F)F)C(=O)CN(C(=O)c3ccc(Cl)cc3)Cc3ccccc32)cc1. The molecule has 7 nitrogen and oxygen atoms in total. The van der Waals surface area contributed by atoms with Gasteiger partial charge in [-0.25, -0.2) is 9.59 Å². The van der Waals surface area contributed by atoms with Gasteiger partial charge in [-0.15, -0.1) is 0 Å². The fraction of sp³-hybridized carbons (Fsp3) is 0.160. The number of carbonyl (C=O) groups excluding carboxylic acids is 3. The first-order chi connectivity index (χ1) is 17.0. The van der Waals surface area contributed by atoms with E-state index in [1.165, 1.54) is 65.6 Å². The molecule has 2 N–H and O–H groups in total. The number of hydrogen-bond acceptors (Lipinski definition) is 5. The van der Waals surface area contributed by atoms with Gasteiger partial charge in [0.05, 0.1) is 6.54 Å². The van der Waals surface area contributed by atoms with Crippen molar-refractivity contribution in [1.82, 2.24) is 9.55 Å². The van der Waals surface area contributed by atoms with Crippen LogP contribution in [0.25, 0.3) is 0 Å². The Bertz CT molecular complexity index is 1310. The van der Waals surface area contributed by atoms with Crippen molar-refractivity contribution in [2.24, 2.45) is 0 Å². The highest BCUT2D eigenvalue weighted by Gasteiger charge is 2.55. The van der Waals surface area contributed by atoms with Crippen LogP contribution < -0.4 is 10.4 Å². The summed E-state index contributed by atoms with van der Waals surface area (Å²) >= 11 is 5.90. The van der Waals surface area contributed by atoms with E-state index in [-0.39, 0.29) is 17.8 Å². The van der Waals surface area contributed by atoms with Crippen molar-refractivity contribution >= 4 is 40.8 Å². The first-order valence-electron chi connectivity index (χ1n) is 10.7. The van der Waals surface area contributed by atoms with Gasteiger partial charge in [0, 0.05) is 33.5 Å². The Labute approximate surface area is 209 Å². The van der Waals surface area contributed by atoms with E-state index in [0.717, 1.165) is 0 Å². The standard InChI is InChI=1S/C25H20ClF3N3O4/c26-19-9-7-17(8-10-19)23(34)31-13-18-3-1-2-4-21(18)32(22(33)14-31,36-24(35)25(27,28)29)15-16-5-11-20(30)12-6-16/h1-12H,13-15,30H2/q+1. The lowest BCUT2D eigenvalue weighted by atomic mass is 10.1. The minimum absolute atomic E-state index is 0.0170. The van der Waals surface area contributed by atoms with Gasteiger partial charge in [-0.05, 0) is 41.0 Å². The van der Waals surface area contributed by atoms with Crippen molar-refractivity contribution in [2.75, 3.05) is 12.3 Å². The number of benzene rings is 3. The maximum atomic E-state index is 13.7. The van der Waals surface area contributed by atoms with Gasteiger partial charge < -0.3 is 10.6 Å². The number of hydroxylamine groups is 2. The van der Waals surface area contributed by atoms with Crippen LogP contribution in [0.2, 0.25) is 5.02 Å². The van der Waals surface area contributed by atoms with Crippen molar-refractivity contribution < 1.29 is 32.4 Å². The lowest BCUT2D eigenvalue weighted by molar-refractivity contribution is -0.235. The van der Waals surface area contributed by atoms with Gasteiger partial charge >= 0.3 is 18.1 Å². The molecular formula is C25H20ClF3N3O4+. The molecule has 3 aromatic rings. The minimum Gasteiger partial charge on any atom is -0.399 e. The van der Waals surface area contributed by atoms with E-state index in [1.807, 2.05) is 0 Å². The number of alkyl halides is 3. The Balaban J connectivity index is 1.83. The molecule has 0 aromatic heterocycles. The molecule has 0 aliphatic carbocycles. The minimum atomic E-state index is -5.35. The zero-order chi connectivity index (χ0) is 26.1. The van der Waals surface area contributed by atoms with Crippen molar-refractivity contribution in [1.29, 1.82) is 0 Å². The average molecular weight is 519 g/mol. The van der Waals surface area contributed by atoms with Crippen molar-refractivity contribution in [3.8, 4) is 0 Å². The number of para-hydroxylation sites is 1. The van der Waals surface area contributed by atoms with Gasteiger partial charge in [0.25, 0.3) is 5.91 Å². The number of nitrogen functional groups attached to an aromatic ring is 1. The largest absolute Gasteiger partial charge is 0.497 e. The number of nitrogens with two attached hydrogens (primary N) is 1. The molecule has 0 radical (unpaired) electrons. The number of nitrogens with zero attached hydrogens (tertiary/aromatic N) is 2. The number of anilines is 1. The second kappa shape index (κ2) is 9.63. The molecule has 1 aliphatic rings. The molecule has 1 unspecified atom stereocenters. The molecule has 0 saturated carbocycles. The van der Waals surface area contributed by atoms with E-state index in [2.05, 4.69) is 0 Å². The summed E-state index contributed by atoms with van der Waals surface area (Å²) < 4.78 is 38.6. The normalized spacial score (nSPS) is 17.8. The molecule has 1 atom stereocenters. The van der Waals surface area contributed by atoms with Crippen molar-refractivity contribution in [3.05, 3.63) is 94.5 Å². The van der Waals surface area contributed by atoms with Gasteiger partial charge in [0.1, 0.15) is 6.54 Å². The fourth-order valence-corrected chi connectivity index (χ4v) is 4.09. The number of amides is 2. The zero-order valence-electron chi connectivity index (χ0n) is 18.7. The monoisotopic (exact) mass is 518 g/mol. The predicted molar refractivity (Wildman–Crippen MR) is 126 cm³/mol. The molecule has 1 heterocycles. The second-order valence-electron chi connectivity index (χ2n) is 8.21. The molecule has 36 heavy (non-hydrogen) atoms. The van der Waals surface area contributed by atoms with Crippen LogP contribution in [0.5, 0.6) is 0 Å². The van der Waals surface area contributed by atoms with Crippen LogP contribution in [-0.2, 0) is 27.5 Å². The highest BCUT2D eigenvalue weighted by molar-refractivity contribution is 6.30. The van der Waals surface area contributed by atoms with Gasteiger partial charge in [-0.1, -0.05) is 41.9 Å². The van der Waals surface area contributed by atoms with Gasteiger partial charge in [0.2, 0.25) is 0 Å². The van der Waals surface area contributed by atoms with E-state index in [0.29, 0.717) is 21.8 Å². The first-order valence-corrected chi connectivity index (χ1v) is 11.1. The summed E-state index contributed by atoms with van der Waals surface area (Å²) in [4.78, 5) is 45.2. The average Bonchev–Trinajstić information content (AvgIpc) is 2.95. The number of halogens is 4. The molecule has 3 aromatic carbocycles. The molecule has 4 rings (SSSR count).